The van der Waals surface area contributed by atoms with Gasteiger partial charge in [0.15, 0.2) is 18.0 Å². The predicted molar refractivity (Wildman–Crippen MR) is 147 cm³/mol. The molecule has 4 aliphatic carbocycles. The van der Waals surface area contributed by atoms with Gasteiger partial charge in [-0.1, -0.05) is 60.6 Å². The van der Waals surface area contributed by atoms with Crippen LogP contribution in [0.3, 0.4) is 0 Å². The maximum atomic E-state index is 14.0. The van der Waals surface area contributed by atoms with E-state index >= 15 is 0 Å². The lowest BCUT2D eigenvalue weighted by Crippen LogP contribution is -2.58. The van der Waals surface area contributed by atoms with Crippen LogP contribution in [0.15, 0.2) is 65.8 Å². The highest BCUT2D eigenvalue weighted by Crippen LogP contribution is 2.68. The van der Waals surface area contributed by atoms with Crippen LogP contribution in [0.2, 0.25) is 0 Å². The number of rotatable bonds is 7. The van der Waals surface area contributed by atoms with E-state index in [1.807, 2.05) is 17.2 Å². The van der Waals surface area contributed by atoms with Crippen molar-refractivity contribution < 1.29 is 24.0 Å². The highest BCUT2D eigenvalue weighted by molar-refractivity contribution is 6.01. The molecule has 0 unspecified atom stereocenters. The zero-order chi connectivity index (χ0) is 27.4. The highest BCUT2D eigenvalue weighted by atomic mass is 16.7. The van der Waals surface area contributed by atoms with Crippen LogP contribution >= 0.6 is 0 Å². The van der Waals surface area contributed by atoms with Gasteiger partial charge in [-0.25, -0.2) is 0 Å². The minimum atomic E-state index is -1.00. The molecule has 3 fully saturated rings. The average Bonchev–Trinajstić information content (AvgIpc) is 3.40. The molecular weight excluding hydrogens is 490 g/mol. The largest absolute Gasteiger partial charge is 0.458 e. The Morgan fingerprint density at radius 1 is 1.18 bits per heavy atom. The molecule has 206 valence electrons. The second kappa shape index (κ2) is 9.67. The zero-order valence-electron chi connectivity index (χ0n) is 23.3. The Bertz CT molecular complexity index is 1280. The molecule has 1 aromatic rings. The molecule has 0 amide bonds. The number of ether oxygens (including phenoxy) is 1. The van der Waals surface area contributed by atoms with Crippen LogP contribution in [0.4, 0.5) is 0 Å². The summed E-state index contributed by atoms with van der Waals surface area (Å²) in [5.41, 5.74) is 2.27. The maximum absolute atomic E-state index is 14.0. The molecule has 6 rings (SSSR count). The third-order valence-corrected chi connectivity index (χ3v) is 10.5. The molecule has 1 aliphatic heterocycles. The van der Waals surface area contributed by atoms with E-state index < -0.39 is 17.0 Å². The van der Waals surface area contributed by atoms with E-state index in [4.69, 9.17) is 9.57 Å². The predicted octanol–water partition coefficient (Wildman–Crippen LogP) is 5.19. The summed E-state index contributed by atoms with van der Waals surface area (Å²) in [5.74, 6) is 0.197. The van der Waals surface area contributed by atoms with Gasteiger partial charge in [0.05, 0.1) is 0 Å². The summed E-state index contributed by atoms with van der Waals surface area (Å²) < 4.78 is 5.27. The van der Waals surface area contributed by atoms with Gasteiger partial charge < -0.3 is 4.74 Å². The van der Waals surface area contributed by atoms with Crippen LogP contribution in [0.5, 0.6) is 0 Å². The second-order valence-corrected chi connectivity index (χ2v) is 12.6. The normalized spacial score (nSPS) is 36.8. The molecule has 0 aromatic heterocycles. The summed E-state index contributed by atoms with van der Waals surface area (Å²) in [6, 6.07) is 10.4. The number of benzene rings is 1. The average molecular weight is 530 g/mol. The number of aryl methyl sites for hydroxylation is 1. The van der Waals surface area contributed by atoms with Crippen molar-refractivity contribution in [3.05, 3.63) is 71.3 Å². The molecular formula is C33H39NO5. The van der Waals surface area contributed by atoms with Gasteiger partial charge in [-0.15, -0.1) is 0 Å². The van der Waals surface area contributed by atoms with Crippen molar-refractivity contribution in [1.29, 1.82) is 0 Å². The van der Waals surface area contributed by atoms with Crippen molar-refractivity contribution in [1.82, 2.24) is 5.06 Å². The summed E-state index contributed by atoms with van der Waals surface area (Å²) in [6.07, 6.45) is 13.4. The van der Waals surface area contributed by atoms with E-state index in [0.717, 1.165) is 45.1 Å². The lowest BCUT2D eigenvalue weighted by atomic mass is 9.51. The minimum absolute atomic E-state index is 0.0493. The van der Waals surface area contributed by atoms with Crippen molar-refractivity contribution in [2.24, 2.45) is 28.6 Å². The number of hydroxylamine groups is 2. The standard InChI is InChI=1S/C33H39NO5/c1-22(35)38-21-30(37)33-25(20-34(39-33)17-7-10-23-8-5-4-6-9-23)19-29-27-12-11-24-18-26(36)13-15-31(24,2)28(27)14-16-32(29,33)3/h4-6,8-9,13-15,18,25,27,29H,7,10-12,16-17,19-21H2,1-3H3/t25-,27+,29-,31-,32-,33-/m0/s1. The first kappa shape index (κ1) is 26.4. The number of allylic oxidation sites excluding steroid dienone is 6. The van der Waals surface area contributed by atoms with E-state index in [0.29, 0.717) is 18.4 Å². The van der Waals surface area contributed by atoms with Gasteiger partial charge in [0.25, 0.3) is 0 Å². The summed E-state index contributed by atoms with van der Waals surface area (Å²) >= 11 is 0. The van der Waals surface area contributed by atoms with E-state index in [1.165, 1.54) is 23.6 Å². The molecule has 0 bridgehead atoms. The van der Waals surface area contributed by atoms with Crippen LogP contribution in [0.25, 0.3) is 0 Å². The maximum Gasteiger partial charge on any atom is 0.303 e. The summed E-state index contributed by atoms with van der Waals surface area (Å²) in [5, 5.41) is 2.01. The van der Waals surface area contributed by atoms with Gasteiger partial charge in [0.1, 0.15) is 0 Å². The molecule has 0 N–H and O–H groups in total. The van der Waals surface area contributed by atoms with Gasteiger partial charge in [0.2, 0.25) is 5.78 Å². The van der Waals surface area contributed by atoms with Gasteiger partial charge >= 0.3 is 5.97 Å². The number of fused-ring (bicyclic) bond motifs is 7. The Hall–Kier alpha value is -2.83. The first-order valence-electron chi connectivity index (χ1n) is 14.5. The monoisotopic (exact) mass is 529 g/mol. The summed E-state index contributed by atoms with van der Waals surface area (Å²) in [7, 11) is 0. The third kappa shape index (κ3) is 4.10. The number of ketones is 2. The van der Waals surface area contributed by atoms with Crippen LogP contribution in [0, 0.1) is 28.6 Å². The van der Waals surface area contributed by atoms with E-state index in [9.17, 15) is 14.4 Å². The Kier molecular flexibility index (Phi) is 6.54. The molecule has 6 nitrogen and oxygen atoms in total. The Labute approximate surface area is 231 Å². The fourth-order valence-corrected chi connectivity index (χ4v) is 8.66. The quantitative estimate of drug-likeness (QED) is 0.358. The smallest absolute Gasteiger partial charge is 0.303 e. The van der Waals surface area contributed by atoms with Crippen molar-refractivity contribution in [3.63, 3.8) is 0 Å². The van der Waals surface area contributed by atoms with Gasteiger partial charge in [-0.3, -0.25) is 19.2 Å². The van der Waals surface area contributed by atoms with Gasteiger partial charge in [-0.05, 0) is 75.0 Å². The number of Topliss-reactive ketones (excluding diaryl/α,β-unsaturated/α-hetero) is 1. The fraction of sp³-hybridized carbons (Fsp3) is 0.545. The number of hydrogen-bond acceptors (Lipinski definition) is 6. The Morgan fingerprint density at radius 2 is 1.97 bits per heavy atom. The van der Waals surface area contributed by atoms with E-state index in [1.54, 1.807) is 6.08 Å². The second-order valence-electron chi connectivity index (χ2n) is 12.6. The minimum Gasteiger partial charge on any atom is -0.458 e. The number of hydrogen-bond donors (Lipinski definition) is 0. The first-order valence-corrected chi connectivity index (χ1v) is 14.5. The number of esters is 1. The lowest BCUT2D eigenvalue weighted by Gasteiger charge is -2.54. The highest BCUT2D eigenvalue weighted by Gasteiger charge is 2.73. The fourth-order valence-electron chi connectivity index (χ4n) is 8.66. The molecule has 6 atom stereocenters. The topological polar surface area (TPSA) is 72.9 Å². The van der Waals surface area contributed by atoms with E-state index in [-0.39, 0.29) is 29.5 Å². The number of nitrogens with zero attached hydrogens (tertiary/aromatic N) is 1. The van der Waals surface area contributed by atoms with Crippen molar-refractivity contribution in [2.75, 3.05) is 19.7 Å². The molecule has 2 saturated carbocycles. The Balaban J connectivity index is 1.29. The van der Waals surface area contributed by atoms with Gasteiger partial charge in [-0.2, -0.15) is 5.06 Å². The number of carbonyl (C=O) groups excluding carboxylic acids is 3. The number of carbonyl (C=O) groups is 3. The van der Waals surface area contributed by atoms with E-state index in [2.05, 4.69) is 50.3 Å². The lowest BCUT2D eigenvalue weighted by molar-refractivity contribution is -0.235. The third-order valence-electron chi connectivity index (χ3n) is 10.5. The van der Waals surface area contributed by atoms with Crippen molar-refractivity contribution in [3.8, 4) is 0 Å². The molecule has 1 saturated heterocycles. The molecule has 5 aliphatic rings. The van der Waals surface area contributed by atoms with Crippen molar-refractivity contribution in [2.45, 2.75) is 64.9 Å². The first-order chi connectivity index (χ1) is 18.7. The van der Waals surface area contributed by atoms with Gasteiger partial charge in [0, 0.05) is 36.8 Å². The van der Waals surface area contributed by atoms with Crippen LogP contribution < -0.4 is 0 Å². The van der Waals surface area contributed by atoms with Crippen LogP contribution in [-0.2, 0) is 30.4 Å². The molecule has 1 aromatic carbocycles. The summed E-state index contributed by atoms with van der Waals surface area (Å²) in [4.78, 5) is 44.6. The molecule has 1 heterocycles. The van der Waals surface area contributed by atoms with Crippen LogP contribution in [0.1, 0.15) is 58.4 Å². The zero-order valence-corrected chi connectivity index (χ0v) is 23.3. The Morgan fingerprint density at radius 3 is 2.74 bits per heavy atom. The molecule has 6 heteroatoms. The SMILES string of the molecule is CC(=O)OCC(=O)[C@@]12ON(CCCc3ccccc3)C[C@@H]1C[C@H]1[C@@H]3CCC4=CC(=O)C=C[C@]4(C)C3=CC[C@@]12C. The molecule has 39 heavy (non-hydrogen) atoms. The summed E-state index contributed by atoms with van der Waals surface area (Å²) in [6.45, 7) is 7.04. The molecule has 0 radical (unpaired) electrons. The van der Waals surface area contributed by atoms with Crippen molar-refractivity contribution >= 4 is 17.5 Å². The molecule has 0 spiro atoms. The van der Waals surface area contributed by atoms with Crippen LogP contribution in [-0.4, -0.2) is 47.9 Å².